The van der Waals surface area contributed by atoms with Gasteiger partial charge in [0.15, 0.2) is 25.0 Å². The molecule has 3 aliphatic rings. The molecule has 29 nitrogen and oxygen atoms in total. The molecule has 0 spiro atoms. The number of carboxylic acids is 1. The average molecular weight is 1030 g/mol. The third-order valence-electron chi connectivity index (χ3n) is 8.30. The summed E-state index contributed by atoms with van der Waals surface area (Å²) in [5, 5.41) is 12.6. The van der Waals surface area contributed by atoms with Crippen LogP contribution in [0.15, 0.2) is 0 Å². The molecule has 3 rings (SSSR count). The number of ether oxygens (including phenoxy) is 11. The average Bonchev–Trinajstić information content (AvgIpc) is 3.09. The molecule has 38 heteroatoms. The molecule has 0 aromatic heterocycles. The summed E-state index contributed by atoms with van der Waals surface area (Å²) in [6, 6.07) is 0. The number of carboxylic acid groups (broad SMARTS) is 1. The molecule has 3 aliphatic heterocycles. The predicted molar refractivity (Wildman–Crippen MR) is 162 cm³/mol. The van der Waals surface area contributed by atoms with E-state index in [1.54, 1.807) is 0 Å². The van der Waals surface area contributed by atoms with E-state index in [9.17, 15) is 61.8 Å². The van der Waals surface area contributed by atoms with Crippen LogP contribution in [0.4, 0.5) is 0 Å². The first-order valence-corrected chi connectivity index (χ1v) is 20.8. The molecule has 15 atom stereocenters. The number of hydrogen-bond donors (Lipinski definition) is 0. The molecule has 336 valence electrons. The smallest absolute Gasteiger partial charge is 0.726 e. The third kappa shape index (κ3) is 20.7. The van der Waals surface area contributed by atoms with E-state index in [0.717, 1.165) is 35.5 Å². The fourth-order valence-electron chi connectivity index (χ4n) is 6.16. The summed E-state index contributed by atoms with van der Waals surface area (Å²) < 4.78 is 216. The van der Waals surface area contributed by atoms with Crippen molar-refractivity contribution in [2.45, 2.75) is 92.1 Å². The second-order valence-corrected chi connectivity index (χ2v) is 15.7. The van der Waals surface area contributed by atoms with Crippen molar-refractivity contribution in [2.24, 2.45) is 0 Å². The van der Waals surface area contributed by atoms with E-state index in [2.05, 4.69) is 16.7 Å². The molecular formula is C24H37Na5O29S4. The monoisotopic (exact) mass is 1030 g/mol. The first-order chi connectivity index (χ1) is 26.3. The Balaban J connectivity index is -0.00000696. The standard InChI is InChI=1S/C24H42O29S4.5Na/c1-39-11-9(7-45-54(27,28)29)48-23(18(42-4)13(11)40-2)50-15-14(41-3)19(43-5)24(51-17(15)21(25)26)49-12-10(8-46-55(30,31)32)47-22(44-6)20(53-57(36,37)38)16(12)52-56(33,34)35;;;;;/h9-20,22-24H,7-8H2,1-6H3,(H,25,26)(H,27,28,29)(H,30,31,32)(H,33,34,35)(H,36,37,38);;;;;/q;5*+1/p-5/t9-,10-,11-,12-,13+,14+,15+,16+,17+,18-,19-,20-,22+,23-,24-;;;;;/m1...../s1. The maximum absolute atomic E-state index is 12.6. The van der Waals surface area contributed by atoms with Crippen molar-refractivity contribution in [1.29, 1.82) is 0 Å². The van der Waals surface area contributed by atoms with Gasteiger partial charge in [-0.25, -0.2) is 33.7 Å². The number of methoxy groups -OCH3 is 6. The largest absolute Gasteiger partial charge is 1.00 e. The van der Waals surface area contributed by atoms with Gasteiger partial charge in [0.05, 0.1) is 19.2 Å². The summed E-state index contributed by atoms with van der Waals surface area (Å²) in [6.07, 6.45) is -29.2. The van der Waals surface area contributed by atoms with Crippen molar-refractivity contribution in [3.63, 3.8) is 0 Å². The van der Waals surface area contributed by atoms with Gasteiger partial charge in [0.2, 0.25) is 41.6 Å². The first-order valence-electron chi connectivity index (χ1n) is 15.4. The van der Waals surface area contributed by atoms with Crippen LogP contribution in [0.2, 0.25) is 0 Å². The van der Waals surface area contributed by atoms with E-state index in [4.69, 9.17) is 52.1 Å². The maximum atomic E-state index is 12.6. The Kier molecular flexibility index (Phi) is 34.2. The summed E-state index contributed by atoms with van der Waals surface area (Å²) in [5.41, 5.74) is 0. The van der Waals surface area contributed by atoms with E-state index in [1.807, 2.05) is 0 Å². The van der Waals surface area contributed by atoms with Crippen LogP contribution >= 0.6 is 0 Å². The summed E-state index contributed by atoms with van der Waals surface area (Å²) >= 11 is 0. The Hall–Kier alpha value is 3.51. The van der Waals surface area contributed by atoms with Gasteiger partial charge in [-0.1, -0.05) is 0 Å². The van der Waals surface area contributed by atoms with Crippen LogP contribution in [0.1, 0.15) is 0 Å². The zero-order valence-electron chi connectivity index (χ0n) is 35.0. The quantitative estimate of drug-likeness (QED) is 0.0585. The molecule has 0 aromatic rings. The minimum Gasteiger partial charge on any atom is -0.726 e. The Morgan fingerprint density at radius 3 is 1.16 bits per heavy atom. The molecule has 62 heavy (non-hydrogen) atoms. The van der Waals surface area contributed by atoms with Gasteiger partial charge in [-0.2, -0.15) is 0 Å². The van der Waals surface area contributed by atoms with Gasteiger partial charge >= 0.3 is 148 Å². The van der Waals surface area contributed by atoms with Crippen LogP contribution in [-0.2, 0) is 115 Å². The minimum absolute atomic E-state index is 0. The van der Waals surface area contributed by atoms with Crippen molar-refractivity contribution in [3.8, 4) is 0 Å². The van der Waals surface area contributed by atoms with Gasteiger partial charge in [0, 0.05) is 42.7 Å². The van der Waals surface area contributed by atoms with Crippen LogP contribution < -0.4 is 153 Å². The summed E-state index contributed by atoms with van der Waals surface area (Å²) in [6.45, 7) is -2.40. The Bertz CT molecular complexity index is 1780. The van der Waals surface area contributed by atoms with Gasteiger partial charge in [0.25, 0.3) is 0 Å². The number of carbonyl (C=O) groups excluding carboxylic acids is 1. The molecule has 0 aromatic carbocycles. The fourth-order valence-corrected chi connectivity index (χ4v) is 7.73. The van der Waals surface area contributed by atoms with Gasteiger partial charge in [-0.05, 0) is 0 Å². The van der Waals surface area contributed by atoms with Gasteiger partial charge < -0.3 is 80.2 Å². The number of rotatable bonds is 21. The third-order valence-corrected chi connectivity index (χ3v) is 10.1. The second kappa shape index (κ2) is 30.4. The number of aliphatic carboxylic acids is 1. The molecule has 3 fully saturated rings. The van der Waals surface area contributed by atoms with Crippen molar-refractivity contribution in [3.05, 3.63) is 0 Å². The predicted octanol–water partition coefficient (Wildman–Crippen LogP) is -21.9. The van der Waals surface area contributed by atoms with E-state index in [-0.39, 0.29) is 148 Å². The Labute approximate surface area is 467 Å². The molecular weight excluding hydrogens is 995 g/mol. The summed E-state index contributed by atoms with van der Waals surface area (Å²) in [5.74, 6) is -2.10. The maximum Gasteiger partial charge on any atom is 1.00 e. The molecule has 0 bridgehead atoms. The Morgan fingerprint density at radius 1 is 0.435 bits per heavy atom. The zero-order chi connectivity index (χ0) is 43.3. The number of carbonyl (C=O) groups is 1. The molecule has 3 saturated heterocycles. The first kappa shape index (κ1) is 69.8. The van der Waals surface area contributed by atoms with E-state index in [0.29, 0.717) is 0 Å². The molecule has 0 N–H and O–H groups in total. The van der Waals surface area contributed by atoms with Gasteiger partial charge in [-0.3, -0.25) is 16.7 Å². The van der Waals surface area contributed by atoms with Crippen molar-refractivity contribution in [2.75, 3.05) is 55.9 Å². The topological polar surface area (TPSA) is 407 Å². The molecule has 0 radical (unpaired) electrons. The SMILES string of the molecule is CO[C@H]1O[C@H](COS(=O)(=O)[O-])[C@@H](O[C@@H]2O[C@H](C(=O)[O-])[C@@H](O[C@H]3O[C@H](COS(=O)(=O)[O-])[C@@H](OC)[C@H](OC)[C@H]3OC)[C@H](OC)[C@H]2OC)[C@H](OS(=O)(=O)[O-])[C@H]1OS(=O)(=O)[O-].[Na+].[Na+].[Na+].[Na+].[Na+]. The second-order valence-electron chi connectivity index (χ2n) is 11.6. The van der Waals surface area contributed by atoms with Crippen LogP contribution in [0, 0.1) is 0 Å². The van der Waals surface area contributed by atoms with Crippen molar-refractivity contribution in [1.82, 2.24) is 0 Å². The summed E-state index contributed by atoms with van der Waals surface area (Å²) in [4.78, 5) is 12.6. The molecule has 3 heterocycles. The van der Waals surface area contributed by atoms with E-state index >= 15 is 0 Å². The van der Waals surface area contributed by atoms with Crippen LogP contribution in [0.3, 0.4) is 0 Å². The van der Waals surface area contributed by atoms with E-state index < -0.39 is 153 Å². The molecule has 0 unspecified atom stereocenters. The summed E-state index contributed by atoms with van der Waals surface area (Å²) in [7, 11) is -16.5. The van der Waals surface area contributed by atoms with E-state index in [1.165, 1.54) is 7.11 Å². The minimum atomic E-state index is -5.97. The number of hydrogen-bond acceptors (Lipinski definition) is 29. The zero-order valence-corrected chi connectivity index (χ0v) is 48.3. The van der Waals surface area contributed by atoms with Crippen LogP contribution in [-0.4, -0.2) is 206 Å². The Morgan fingerprint density at radius 2 is 0.790 bits per heavy atom. The van der Waals surface area contributed by atoms with Gasteiger partial charge in [-0.15, -0.1) is 0 Å². The normalized spacial score (nSPS) is 34.2. The molecule has 0 aliphatic carbocycles. The molecule has 0 amide bonds. The van der Waals surface area contributed by atoms with Crippen LogP contribution in [0.25, 0.3) is 0 Å². The fraction of sp³-hybridized carbons (Fsp3) is 0.958. The van der Waals surface area contributed by atoms with Crippen LogP contribution in [0.5, 0.6) is 0 Å². The van der Waals surface area contributed by atoms with Crippen molar-refractivity contribution < 1.29 is 278 Å². The van der Waals surface area contributed by atoms with Crippen molar-refractivity contribution >= 4 is 47.6 Å². The van der Waals surface area contributed by atoms with Gasteiger partial charge in [0.1, 0.15) is 67.1 Å². The molecule has 0 saturated carbocycles.